The fourth-order valence-electron chi connectivity index (χ4n) is 1.08. The molecule has 0 aromatic rings. The maximum absolute atomic E-state index is 11.8. The molecule has 0 aliphatic rings. The molecule has 0 saturated heterocycles. The lowest BCUT2D eigenvalue weighted by Gasteiger charge is -2.29. The van der Waals surface area contributed by atoms with E-state index in [-0.39, 0.29) is 12.5 Å². The minimum Gasteiger partial charge on any atom is -0.369 e. The second kappa shape index (κ2) is 5.61. The molecule has 0 aliphatic carbocycles. The molecule has 0 aliphatic heterocycles. The maximum Gasteiger partial charge on any atom is 0.255 e. The average molecular weight is 198 g/mol. The lowest BCUT2D eigenvalue weighted by atomic mass is 10.1. The molecule has 0 aromatic heterocycles. The van der Waals surface area contributed by atoms with Crippen LogP contribution in [0.2, 0.25) is 0 Å². The van der Waals surface area contributed by atoms with Gasteiger partial charge in [-0.15, -0.1) is 0 Å². The van der Waals surface area contributed by atoms with E-state index in [1.54, 1.807) is 13.8 Å². The summed E-state index contributed by atoms with van der Waals surface area (Å²) in [5, 5.41) is 8.57. The summed E-state index contributed by atoms with van der Waals surface area (Å²) in [6, 6.07) is 1.98. The highest BCUT2D eigenvalue weighted by Gasteiger charge is 2.31. The second-order valence-corrected chi connectivity index (χ2v) is 3.60. The van der Waals surface area contributed by atoms with Crippen LogP contribution in [0.15, 0.2) is 0 Å². The maximum atomic E-state index is 11.8. The van der Waals surface area contributed by atoms with Gasteiger partial charge in [0.1, 0.15) is 12.1 Å². The van der Waals surface area contributed by atoms with Crippen molar-refractivity contribution in [1.29, 1.82) is 5.26 Å². The summed E-state index contributed by atoms with van der Waals surface area (Å²) < 4.78 is 5.07. The molecule has 0 saturated carbocycles. The zero-order chi connectivity index (χ0) is 11.2. The molecule has 0 bridgehead atoms. The van der Waals surface area contributed by atoms with E-state index in [1.165, 1.54) is 12.0 Å². The van der Waals surface area contributed by atoms with Crippen LogP contribution in [0, 0.1) is 11.3 Å². The van der Waals surface area contributed by atoms with Crippen molar-refractivity contribution in [2.24, 2.45) is 0 Å². The number of nitriles is 1. The van der Waals surface area contributed by atoms with Crippen LogP contribution in [0.4, 0.5) is 0 Å². The molecule has 0 spiro atoms. The first-order valence-corrected chi connectivity index (χ1v) is 4.71. The molecule has 4 heteroatoms. The monoisotopic (exact) mass is 198 g/mol. The highest BCUT2D eigenvalue weighted by atomic mass is 16.5. The van der Waals surface area contributed by atoms with Crippen LogP contribution < -0.4 is 0 Å². The van der Waals surface area contributed by atoms with Gasteiger partial charge in [-0.2, -0.15) is 5.26 Å². The molecule has 0 rings (SSSR count). The molecule has 0 fully saturated rings. The minimum atomic E-state index is -0.841. The molecule has 0 N–H and O–H groups in total. The summed E-state index contributed by atoms with van der Waals surface area (Å²) in [5.41, 5.74) is -0.841. The van der Waals surface area contributed by atoms with Gasteiger partial charge in [0.15, 0.2) is 0 Å². The Morgan fingerprint density at radius 3 is 2.50 bits per heavy atom. The van der Waals surface area contributed by atoms with Gasteiger partial charge in [0.25, 0.3) is 5.91 Å². The highest BCUT2D eigenvalue weighted by Crippen LogP contribution is 2.12. The standard InChI is InChI=1S/C10H18N2O2/c1-5-7-12(8-6-11)9(13)10(2,3)14-4/h5,7-8H2,1-4H3. The van der Waals surface area contributed by atoms with Crippen LogP contribution in [-0.4, -0.2) is 36.6 Å². The summed E-state index contributed by atoms with van der Waals surface area (Å²) in [7, 11) is 1.49. The molecule has 14 heavy (non-hydrogen) atoms. The summed E-state index contributed by atoms with van der Waals surface area (Å²) in [5.74, 6) is -0.136. The van der Waals surface area contributed by atoms with Gasteiger partial charge < -0.3 is 9.64 Å². The Balaban J connectivity index is 4.51. The molecule has 0 heterocycles. The number of rotatable bonds is 5. The molecule has 0 unspecified atom stereocenters. The van der Waals surface area contributed by atoms with Gasteiger partial charge in [-0.25, -0.2) is 0 Å². The Morgan fingerprint density at radius 1 is 1.57 bits per heavy atom. The van der Waals surface area contributed by atoms with Gasteiger partial charge >= 0.3 is 0 Å². The van der Waals surface area contributed by atoms with E-state index < -0.39 is 5.60 Å². The Hall–Kier alpha value is -1.08. The van der Waals surface area contributed by atoms with Gasteiger partial charge in [-0.1, -0.05) is 6.92 Å². The Morgan fingerprint density at radius 2 is 2.14 bits per heavy atom. The van der Waals surface area contributed by atoms with Gasteiger partial charge in [0.2, 0.25) is 0 Å². The van der Waals surface area contributed by atoms with E-state index in [1.807, 2.05) is 13.0 Å². The van der Waals surface area contributed by atoms with Crippen molar-refractivity contribution in [3.8, 4) is 6.07 Å². The number of carbonyl (C=O) groups excluding carboxylic acids is 1. The van der Waals surface area contributed by atoms with Crippen LogP contribution >= 0.6 is 0 Å². The zero-order valence-corrected chi connectivity index (χ0v) is 9.33. The number of hydrogen-bond donors (Lipinski definition) is 0. The van der Waals surface area contributed by atoms with Crippen LogP contribution in [0.25, 0.3) is 0 Å². The fraction of sp³-hybridized carbons (Fsp3) is 0.800. The smallest absolute Gasteiger partial charge is 0.255 e. The molecule has 0 radical (unpaired) electrons. The lowest BCUT2D eigenvalue weighted by Crippen LogP contribution is -2.46. The zero-order valence-electron chi connectivity index (χ0n) is 9.33. The van der Waals surface area contributed by atoms with E-state index in [9.17, 15) is 4.79 Å². The number of amides is 1. The van der Waals surface area contributed by atoms with Crippen LogP contribution in [0.5, 0.6) is 0 Å². The van der Waals surface area contributed by atoms with Crippen LogP contribution in [0.1, 0.15) is 27.2 Å². The van der Waals surface area contributed by atoms with Gasteiger partial charge in [-0.05, 0) is 20.3 Å². The normalized spacial score (nSPS) is 10.8. The van der Waals surface area contributed by atoms with E-state index in [2.05, 4.69) is 0 Å². The average Bonchev–Trinajstić information content (AvgIpc) is 2.16. The largest absolute Gasteiger partial charge is 0.369 e. The van der Waals surface area contributed by atoms with Crippen molar-refractivity contribution >= 4 is 5.91 Å². The summed E-state index contributed by atoms with van der Waals surface area (Å²) in [4.78, 5) is 13.3. The van der Waals surface area contributed by atoms with E-state index in [0.29, 0.717) is 6.54 Å². The quantitative estimate of drug-likeness (QED) is 0.623. The predicted octanol–water partition coefficient (Wildman–Crippen LogP) is 1.17. The third-order valence-electron chi connectivity index (χ3n) is 2.07. The first kappa shape index (κ1) is 12.9. The summed E-state index contributed by atoms with van der Waals surface area (Å²) >= 11 is 0. The Kier molecular flexibility index (Phi) is 5.18. The van der Waals surface area contributed by atoms with Crippen molar-refractivity contribution < 1.29 is 9.53 Å². The second-order valence-electron chi connectivity index (χ2n) is 3.60. The number of ether oxygens (including phenoxy) is 1. The number of methoxy groups -OCH3 is 1. The van der Waals surface area contributed by atoms with E-state index >= 15 is 0 Å². The third-order valence-corrected chi connectivity index (χ3v) is 2.07. The molecule has 4 nitrogen and oxygen atoms in total. The van der Waals surface area contributed by atoms with E-state index in [4.69, 9.17) is 10.00 Å². The van der Waals surface area contributed by atoms with Crippen molar-refractivity contribution in [3.05, 3.63) is 0 Å². The van der Waals surface area contributed by atoms with Gasteiger partial charge in [0, 0.05) is 13.7 Å². The molecular weight excluding hydrogens is 180 g/mol. The van der Waals surface area contributed by atoms with Crippen molar-refractivity contribution in [1.82, 2.24) is 4.90 Å². The fourth-order valence-corrected chi connectivity index (χ4v) is 1.08. The number of carbonyl (C=O) groups is 1. The molecule has 0 aromatic carbocycles. The molecule has 0 atom stereocenters. The lowest BCUT2D eigenvalue weighted by molar-refractivity contribution is -0.150. The summed E-state index contributed by atoms with van der Waals surface area (Å²) in [6.45, 7) is 6.10. The topological polar surface area (TPSA) is 53.3 Å². The molecular formula is C10H18N2O2. The van der Waals surface area contributed by atoms with Crippen LogP contribution in [-0.2, 0) is 9.53 Å². The minimum absolute atomic E-state index is 0.124. The van der Waals surface area contributed by atoms with Crippen molar-refractivity contribution in [3.63, 3.8) is 0 Å². The van der Waals surface area contributed by atoms with Gasteiger partial charge in [0.05, 0.1) is 6.07 Å². The third kappa shape index (κ3) is 3.35. The summed E-state index contributed by atoms with van der Waals surface area (Å²) in [6.07, 6.45) is 0.840. The highest BCUT2D eigenvalue weighted by molar-refractivity contribution is 5.84. The first-order valence-electron chi connectivity index (χ1n) is 4.71. The van der Waals surface area contributed by atoms with Crippen molar-refractivity contribution in [2.75, 3.05) is 20.2 Å². The molecule has 1 amide bonds. The Bertz CT molecular complexity index is 231. The molecule has 80 valence electrons. The number of nitrogens with zero attached hydrogens (tertiary/aromatic N) is 2. The Labute approximate surface area is 85.5 Å². The first-order chi connectivity index (χ1) is 6.49. The van der Waals surface area contributed by atoms with Crippen LogP contribution in [0.3, 0.4) is 0 Å². The number of hydrogen-bond acceptors (Lipinski definition) is 3. The predicted molar refractivity (Wildman–Crippen MR) is 53.6 cm³/mol. The van der Waals surface area contributed by atoms with Crippen molar-refractivity contribution in [2.45, 2.75) is 32.8 Å². The SMILES string of the molecule is CCCN(CC#N)C(=O)C(C)(C)OC. The van der Waals surface area contributed by atoms with Gasteiger partial charge in [-0.3, -0.25) is 4.79 Å². The van der Waals surface area contributed by atoms with E-state index in [0.717, 1.165) is 6.42 Å².